The SMILES string of the molecule is C.Cc1ccccc1-c1cc(-c2ccc(C(C)(C)C)cc2)cc[n+]1C.Cc1ccccc1-c1cc(-c2ccc(CC3CCCC3)cc2)cc[n+]1C.[2H]C([2H])([2H])C([2H])(C)c1cc(-c2cc[n+](C)c(-c3ccccc3C)c2)cc(C([2H])(C)C([2H])([2H])[2H])c1.[2H]C([2H])(c1cc(-c2cc[n+](C)c(-c3ccccc3C)c2)cc(C([2H])([2H])C(C)(C)C)c1)C(C)(C)C.[2H]C([2H])(c1ccc(-c2cc[n+](C)c(-c3ccccc3C)c2)cc1)C1CCCC1. The highest BCUT2D eigenvalue weighted by Gasteiger charge is 2.25. The van der Waals surface area contributed by atoms with Gasteiger partial charge in [0, 0.05) is 108 Å². The van der Waals surface area contributed by atoms with Crippen molar-refractivity contribution in [3.05, 3.63) is 389 Å². The van der Waals surface area contributed by atoms with Crippen LogP contribution in [0, 0.1) is 57.3 Å². The lowest BCUT2D eigenvalue weighted by Crippen LogP contribution is -2.30. The van der Waals surface area contributed by atoms with Crippen LogP contribution in [0.5, 0.6) is 0 Å². The fraction of sp³-hybridized carbons (Fsp3) is 0.336. The van der Waals surface area contributed by atoms with E-state index in [9.17, 15) is 0 Å². The molecule has 133 heavy (non-hydrogen) atoms. The van der Waals surface area contributed by atoms with Crippen molar-refractivity contribution in [2.24, 2.45) is 57.9 Å². The van der Waals surface area contributed by atoms with Crippen LogP contribution in [0.15, 0.2) is 322 Å². The minimum Gasteiger partial charge on any atom is -0.201 e. The lowest BCUT2D eigenvalue weighted by molar-refractivity contribution is -0.660. The van der Waals surface area contributed by atoms with Gasteiger partial charge in [0.1, 0.15) is 35.2 Å². The molecule has 5 heterocycles. The first-order valence-electron chi connectivity index (χ1n) is 54.4. The van der Waals surface area contributed by atoms with Crippen molar-refractivity contribution in [2.75, 3.05) is 0 Å². The molecule has 2 fully saturated rings. The average Bonchev–Trinajstić information content (AvgIpc) is 1.06. The maximum Gasteiger partial charge on any atom is 0.213 e. The van der Waals surface area contributed by atoms with Crippen LogP contribution in [0.2, 0.25) is 0 Å². The Hall–Kier alpha value is -12.1. The third kappa shape index (κ3) is 27.1. The van der Waals surface area contributed by atoms with E-state index in [0.717, 1.165) is 93.1 Å². The van der Waals surface area contributed by atoms with Crippen molar-refractivity contribution in [3.63, 3.8) is 0 Å². The second-order valence-corrected chi connectivity index (χ2v) is 39.8. The highest BCUT2D eigenvalue weighted by Crippen LogP contribution is 2.39. The number of aromatic nitrogens is 5. The Balaban J connectivity index is 0.000000164. The van der Waals surface area contributed by atoms with E-state index in [1.807, 2.05) is 158 Å². The van der Waals surface area contributed by atoms with Gasteiger partial charge in [-0.2, -0.15) is 0 Å². The first-order chi connectivity index (χ1) is 68.5. The molecule has 5 aromatic heterocycles. The summed E-state index contributed by atoms with van der Waals surface area (Å²) in [6.45, 7) is 26.0. The van der Waals surface area contributed by atoms with Crippen molar-refractivity contribution in [2.45, 2.75) is 226 Å². The van der Waals surface area contributed by atoms with Crippen molar-refractivity contribution in [3.8, 4) is 112 Å². The summed E-state index contributed by atoms with van der Waals surface area (Å²) in [7, 11) is 10.2. The van der Waals surface area contributed by atoms with Crippen LogP contribution in [-0.4, -0.2) is 0 Å². The third-order valence-corrected chi connectivity index (χ3v) is 25.6. The minimum absolute atomic E-state index is 0. The first-order valence-corrected chi connectivity index (χ1v) is 47.4. The molecule has 0 amide bonds. The predicted molar refractivity (Wildman–Crippen MR) is 567 cm³/mol. The monoisotopic (exact) mass is 1780 g/mol. The van der Waals surface area contributed by atoms with Crippen LogP contribution >= 0.6 is 0 Å². The van der Waals surface area contributed by atoms with Gasteiger partial charge in [0.05, 0.1) is 0 Å². The predicted octanol–water partition coefficient (Wildman–Crippen LogP) is 31.6. The fourth-order valence-electron chi connectivity index (χ4n) is 18.0. The summed E-state index contributed by atoms with van der Waals surface area (Å²) in [5.74, 6) is -2.91. The molecular formula is C128H154N5+5. The minimum atomic E-state index is -2.64. The van der Waals surface area contributed by atoms with E-state index < -0.39 is 55.4 Å². The van der Waals surface area contributed by atoms with Crippen LogP contribution < -0.4 is 22.8 Å². The zero-order chi connectivity index (χ0) is 106. The van der Waals surface area contributed by atoms with Gasteiger partial charge in [-0.15, -0.1) is 0 Å². The van der Waals surface area contributed by atoms with Gasteiger partial charge >= 0.3 is 0 Å². The molecule has 0 spiro atoms. The molecule has 2 saturated carbocycles. The Morgan fingerprint density at radius 1 is 0.301 bits per heavy atom. The highest BCUT2D eigenvalue weighted by atomic mass is 14.9. The van der Waals surface area contributed by atoms with Crippen molar-refractivity contribution in [1.29, 1.82) is 0 Å². The summed E-state index contributed by atoms with van der Waals surface area (Å²) in [6, 6.07) is 99.6. The Morgan fingerprint density at radius 3 is 0.857 bits per heavy atom. The van der Waals surface area contributed by atoms with E-state index in [1.165, 1.54) is 141 Å². The molecule has 2 aliphatic rings. The molecule has 10 aromatic carbocycles. The van der Waals surface area contributed by atoms with Gasteiger partial charge in [-0.25, -0.2) is 22.8 Å². The third-order valence-electron chi connectivity index (χ3n) is 25.6. The molecule has 2 atom stereocenters. The molecule has 5 heteroatoms. The highest BCUT2D eigenvalue weighted by molar-refractivity contribution is 5.76. The van der Waals surface area contributed by atoms with Gasteiger partial charge in [0.2, 0.25) is 28.5 Å². The number of rotatable bonds is 18. The van der Waals surface area contributed by atoms with E-state index in [-0.39, 0.29) is 29.9 Å². The van der Waals surface area contributed by atoms with Gasteiger partial charge in [0.15, 0.2) is 31.0 Å². The van der Waals surface area contributed by atoms with Crippen LogP contribution in [0.25, 0.3) is 112 Å². The van der Waals surface area contributed by atoms with Crippen molar-refractivity contribution in [1.82, 2.24) is 0 Å². The Bertz CT molecular complexity index is 6800. The van der Waals surface area contributed by atoms with Gasteiger partial charge < -0.3 is 0 Å². The Kier molecular flexibility index (Phi) is 27.7. The summed E-state index contributed by atoms with van der Waals surface area (Å²) in [5, 5.41) is 0. The summed E-state index contributed by atoms with van der Waals surface area (Å²) in [6.07, 6.45) is 17.1. The van der Waals surface area contributed by atoms with Gasteiger partial charge in [0.25, 0.3) is 0 Å². The van der Waals surface area contributed by atoms with Crippen LogP contribution in [0.3, 0.4) is 0 Å². The molecular weight excluding hydrogens is 1610 g/mol. The number of hydrogen-bond acceptors (Lipinski definition) is 0. The Labute approximate surface area is 822 Å². The summed E-state index contributed by atoms with van der Waals surface area (Å²) in [4.78, 5) is 0. The maximum absolute atomic E-state index is 8.91. The van der Waals surface area contributed by atoms with E-state index in [0.29, 0.717) is 16.7 Å². The van der Waals surface area contributed by atoms with E-state index in [1.54, 1.807) is 18.2 Å². The first kappa shape index (κ1) is 81.7. The van der Waals surface area contributed by atoms with Crippen LogP contribution in [-0.2, 0) is 66.2 Å². The molecule has 0 aliphatic heterocycles. The number of pyridine rings is 5. The van der Waals surface area contributed by atoms with Crippen molar-refractivity contribution < 1.29 is 42.0 Å². The molecule has 17 rings (SSSR count). The second-order valence-electron chi connectivity index (χ2n) is 39.8. The molecule has 0 bridgehead atoms. The smallest absolute Gasteiger partial charge is 0.201 e. The molecule has 15 aromatic rings. The topological polar surface area (TPSA) is 19.4 Å². The zero-order valence-corrected chi connectivity index (χ0v) is 82.4. The van der Waals surface area contributed by atoms with E-state index >= 15 is 0 Å². The lowest BCUT2D eigenvalue weighted by atomic mass is 9.83. The van der Waals surface area contributed by atoms with E-state index in [4.69, 9.17) is 19.2 Å². The molecule has 686 valence electrons. The van der Waals surface area contributed by atoms with Crippen LogP contribution in [0.4, 0.5) is 0 Å². The normalized spacial score (nSPS) is 15.8. The summed E-state index contributed by atoms with van der Waals surface area (Å²) >= 11 is 0. The maximum atomic E-state index is 8.91. The Morgan fingerprint density at radius 2 is 0.571 bits per heavy atom. The standard InChI is InChI=1S/C29H38N.2C25H28N.C25H30N.C23H26N.CH4/c1-21-11-9-10-12-26(21)27-18-24(13-14-30(27)8)25-16-22(19-28(2,3)4)15-23(17-25)20-29(5,6)7;2*1-19-7-3-6-10-24(19)25-18-23(15-16-26(25)2)22-13-11-21(12-14-22)17-20-8-4-5-9-20;1-17(2)21-13-22(18(3)4)15-23(14-21)20-11-12-26(6)25(16-20)24-10-8-7-9-19(24)5;1-17-8-6-7-9-21(17)22-16-19(14-15-24(22)5)18-10-12-20(13-11-18)23(2,3)4;/h9-18H,19-20H2,1-8H3;2*3,6-7,10-16,18,20H,4-5,8-9,17H2,1-2H3;7-18H,1-6H3;6-16H,1-5H3;1H4/q5*+1;/i19D2,20D2;17D2;;1D3,3D3,17D,18D;;. The molecule has 5 nitrogen and oxygen atoms in total. The molecule has 0 N–H and O–H groups in total. The number of hydrogen-bond donors (Lipinski definition) is 0. The largest absolute Gasteiger partial charge is 0.213 e. The van der Waals surface area contributed by atoms with Gasteiger partial charge in [-0.1, -0.05) is 349 Å². The molecule has 0 saturated heterocycles. The lowest BCUT2D eigenvalue weighted by Gasteiger charge is -2.22. The zero-order valence-electron chi connectivity index (χ0n) is 96.4. The van der Waals surface area contributed by atoms with Crippen LogP contribution in [0.1, 0.15) is 246 Å². The molecule has 2 unspecified atom stereocenters. The van der Waals surface area contributed by atoms with E-state index in [2.05, 4.69) is 295 Å². The molecule has 2 aliphatic carbocycles. The second kappa shape index (κ2) is 45.1. The number of aryl methyl sites for hydroxylation is 10. The number of benzene rings is 10. The van der Waals surface area contributed by atoms with Gasteiger partial charge in [-0.05, 0) is 253 Å². The molecule has 0 radical (unpaired) electrons. The van der Waals surface area contributed by atoms with Gasteiger partial charge in [-0.3, -0.25) is 0 Å². The quantitative estimate of drug-likeness (QED) is 0.0763. The number of nitrogens with zero attached hydrogens (tertiary/aromatic N) is 5. The summed E-state index contributed by atoms with van der Waals surface area (Å²) < 4.78 is 128. The summed E-state index contributed by atoms with van der Waals surface area (Å²) in [5.41, 5.74) is 32.1. The fourth-order valence-corrected chi connectivity index (χ4v) is 18.0. The van der Waals surface area contributed by atoms with Crippen molar-refractivity contribution >= 4 is 0 Å². The average molecular weight is 1780 g/mol.